The maximum atomic E-state index is 5.54. The molecule has 1 heterocycles. The second kappa shape index (κ2) is 13.0. The van der Waals surface area contributed by atoms with Gasteiger partial charge < -0.3 is 24.4 Å². The molecule has 0 saturated carbocycles. The molecule has 0 aromatic heterocycles. The molecule has 1 aliphatic rings. The Kier molecular flexibility index (Phi) is 11.5. The Bertz CT molecular complexity index is 632. The van der Waals surface area contributed by atoms with E-state index in [-0.39, 0.29) is 24.0 Å². The first-order chi connectivity index (χ1) is 13.6. The van der Waals surface area contributed by atoms with Gasteiger partial charge in [-0.25, -0.2) is 0 Å². The lowest BCUT2D eigenvalue weighted by atomic mass is 10.1. The fourth-order valence-corrected chi connectivity index (χ4v) is 3.93. The van der Waals surface area contributed by atoms with Crippen LogP contribution < -0.4 is 19.5 Å². The average molecular weight is 520 g/mol. The highest BCUT2D eigenvalue weighted by Crippen LogP contribution is 2.34. The lowest BCUT2D eigenvalue weighted by molar-refractivity contribution is 0.233. The summed E-state index contributed by atoms with van der Waals surface area (Å²) < 4.78 is 16.4. The molecular weight excluding hydrogens is 483 g/mol. The first-order valence-electron chi connectivity index (χ1n) is 10.0. The van der Waals surface area contributed by atoms with E-state index in [1.165, 1.54) is 19.4 Å². The first kappa shape index (κ1) is 25.6. The lowest BCUT2D eigenvalue weighted by Crippen LogP contribution is -2.46. The van der Waals surface area contributed by atoms with E-state index in [1.54, 1.807) is 21.3 Å². The van der Waals surface area contributed by atoms with Crippen LogP contribution in [0.2, 0.25) is 0 Å². The Balaban J connectivity index is 0.00000420. The van der Waals surface area contributed by atoms with Crippen molar-refractivity contribution in [2.24, 2.45) is 4.99 Å². The molecular formula is C21H37IN4O3. The van der Waals surface area contributed by atoms with Crippen molar-refractivity contribution in [3.8, 4) is 17.2 Å². The van der Waals surface area contributed by atoms with Crippen LogP contribution in [0, 0.1) is 0 Å². The maximum Gasteiger partial charge on any atom is 0.193 e. The maximum absolute atomic E-state index is 5.54. The molecule has 1 fully saturated rings. The minimum Gasteiger partial charge on any atom is -0.496 e. The minimum absolute atomic E-state index is 0. The second-order valence-corrected chi connectivity index (χ2v) is 7.04. The first-order valence-corrected chi connectivity index (χ1v) is 10.0. The molecule has 1 aromatic rings. The summed E-state index contributed by atoms with van der Waals surface area (Å²) in [4.78, 5) is 9.23. The van der Waals surface area contributed by atoms with Gasteiger partial charge in [0.25, 0.3) is 0 Å². The normalized spacial score (nSPS) is 16.9. The molecule has 29 heavy (non-hydrogen) atoms. The minimum atomic E-state index is 0. The molecule has 0 radical (unpaired) electrons. The third-order valence-corrected chi connectivity index (χ3v) is 5.44. The number of aliphatic imine (C=N–C) groups is 1. The molecule has 1 aromatic carbocycles. The van der Waals surface area contributed by atoms with Gasteiger partial charge in [-0.3, -0.25) is 9.89 Å². The highest BCUT2D eigenvalue weighted by molar-refractivity contribution is 14.0. The molecule has 7 nitrogen and oxygen atoms in total. The van der Waals surface area contributed by atoms with Crippen molar-refractivity contribution in [1.29, 1.82) is 0 Å². The van der Waals surface area contributed by atoms with E-state index >= 15 is 0 Å². The number of likely N-dealkylation sites (tertiary alicyclic amines) is 1. The van der Waals surface area contributed by atoms with E-state index < -0.39 is 0 Å². The molecule has 0 aliphatic carbocycles. The van der Waals surface area contributed by atoms with Gasteiger partial charge in [-0.15, -0.1) is 24.0 Å². The Morgan fingerprint density at radius 1 is 1.21 bits per heavy atom. The van der Waals surface area contributed by atoms with Crippen molar-refractivity contribution >= 4 is 29.9 Å². The summed E-state index contributed by atoms with van der Waals surface area (Å²) in [6, 6.07) is 4.38. The quantitative estimate of drug-likeness (QED) is 0.307. The molecule has 0 spiro atoms. The van der Waals surface area contributed by atoms with Crippen molar-refractivity contribution in [1.82, 2.24) is 15.1 Å². The summed E-state index contributed by atoms with van der Waals surface area (Å²) in [7, 11) is 8.91. The standard InChI is InChI=1S/C21H36N4O3.HI/c1-7-25-12-8-9-16(25)15-24(3)21(22-2)23-11-10-18-19(27-5)13-17(26-4)14-20(18)28-6;/h13-14,16H,7-12,15H2,1-6H3,(H,22,23);1H. The number of nitrogens with zero attached hydrogens (tertiary/aromatic N) is 3. The molecule has 1 N–H and O–H groups in total. The highest BCUT2D eigenvalue weighted by Gasteiger charge is 2.25. The van der Waals surface area contributed by atoms with Crippen molar-refractivity contribution in [2.45, 2.75) is 32.2 Å². The zero-order chi connectivity index (χ0) is 20.5. The summed E-state index contributed by atoms with van der Waals surface area (Å²) in [6.07, 6.45) is 3.30. The fourth-order valence-electron chi connectivity index (χ4n) is 3.93. The van der Waals surface area contributed by atoms with E-state index in [9.17, 15) is 0 Å². The molecule has 0 bridgehead atoms. The van der Waals surface area contributed by atoms with Crippen LogP contribution in [-0.4, -0.2) is 83.4 Å². The Morgan fingerprint density at radius 2 is 1.86 bits per heavy atom. The number of methoxy groups -OCH3 is 3. The van der Waals surface area contributed by atoms with E-state index in [0.717, 1.165) is 54.8 Å². The van der Waals surface area contributed by atoms with Gasteiger partial charge in [-0.05, 0) is 32.4 Å². The molecule has 8 heteroatoms. The monoisotopic (exact) mass is 520 g/mol. The second-order valence-electron chi connectivity index (χ2n) is 7.04. The summed E-state index contributed by atoms with van der Waals surface area (Å²) in [5.41, 5.74) is 1.02. The van der Waals surface area contributed by atoms with Gasteiger partial charge in [0.05, 0.1) is 21.3 Å². The fraction of sp³-hybridized carbons (Fsp3) is 0.667. The van der Waals surface area contributed by atoms with Crippen LogP contribution in [0.1, 0.15) is 25.3 Å². The Morgan fingerprint density at radius 3 is 2.38 bits per heavy atom. The summed E-state index contributed by atoms with van der Waals surface area (Å²) in [5, 5.41) is 3.47. The van der Waals surface area contributed by atoms with Gasteiger partial charge >= 0.3 is 0 Å². The summed E-state index contributed by atoms with van der Waals surface area (Å²) in [5.74, 6) is 3.17. The van der Waals surface area contributed by atoms with Crippen molar-refractivity contribution in [3.05, 3.63) is 17.7 Å². The number of hydrogen-bond donors (Lipinski definition) is 1. The van der Waals surface area contributed by atoms with Gasteiger partial charge in [-0.2, -0.15) is 0 Å². The van der Waals surface area contributed by atoms with E-state index in [2.05, 4.69) is 34.1 Å². The van der Waals surface area contributed by atoms with Gasteiger partial charge in [0, 0.05) is 50.9 Å². The van der Waals surface area contributed by atoms with Crippen LogP contribution in [0.5, 0.6) is 17.2 Å². The average Bonchev–Trinajstić information content (AvgIpc) is 3.17. The van der Waals surface area contributed by atoms with Crippen LogP contribution in [0.15, 0.2) is 17.1 Å². The number of rotatable bonds is 9. The molecule has 0 amide bonds. The van der Waals surface area contributed by atoms with Crippen molar-refractivity contribution < 1.29 is 14.2 Å². The molecule has 1 atom stereocenters. The predicted octanol–water partition coefficient (Wildman–Crippen LogP) is 2.86. The van der Waals surface area contributed by atoms with Crippen LogP contribution in [0.3, 0.4) is 0 Å². The molecule has 1 aliphatic heterocycles. The number of nitrogens with one attached hydrogen (secondary N) is 1. The predicted molar refractivity (Wildman–Crippen MR) is 129 cm³/mol. The van der Waals surface area contributed by atoms with Gasteiger partial charge in [0.2, 0.25) is 0 Å². The van der Waals surface area contributed by atoms with E-state index in [0.29, 0.717) is 6.04 Å². The zero-order valence-corrected chi connectivity index (χ0v) is 21.0. The number of ether oxygens (including phenoxy) is 3. The number of guanidine groups is 1. The van der Waals surface area contributed by atoms with Gasteiger partial charge in [0.1, 0.15) is 17.2 Å². The molecule has 166 valence electrons. The Labute approximate surface area is 192 Å². The molecule has 2 rings (SSSR count). The van der Waals surface area contributed by atoms with E-state index in [4.69, 9.17) is 14.2 Å². The van der Waals surface area contributed by atoms with Crippen LogP contribution in [0.4, 0.5) is 0 Å². The lowest BCUT2D eigenvalue weighted by Gasteiger charge is -2.29. The van der Waals surface area contributed by atoms with Crippen LogP contribution >= 0.6 is 24.0 Å². The molecule has 1 unspecified atom stereocenters. The smallest absolute Gasteiger partial charge is 0.193 e. The zero-order valence-electron chi connectivity index (χ0n) is 18.7. The van der Waals surface area contributed by atoms with Gasteiger partial charge in [0.15, 0.2) is 5.96 Å². The largest absolute Gasteiger partial charge is 0.496 e. The summed E-state index contributed by atoms with van der Waals surface area (Å²) in [6.45, 7) is 6.28. The van der Waals surface area contributed by atoms with E-state index in [1.807, 2.05) is 19.2 Å². The Hall–Kier alpha value is -1.42. The third-order valence-electron chi connectivity index (χ3n) is 5.44. The third kappa shape index (κ3) is 6.80. The van der Waals surface area contributed by atoms with Crippen LogP contribution in [0.25, 0.3) is 0 Å². The van der Waals surface area contributed by atoms with Crippen LogP contribution in [-0.2, 0) is 6.42 Å². The highest BCUT2D eigenvalue weighted by atomic mass is 127. The number of likely N-dealkylation sites (N-methyl/N-ethyl adjacent to an activating group) is 2. The summed E-state index contributed by atoms with van der Waals surface area (Å²) >= 11 is 0. The van der Waals surface area contributed by atoms with Crippen molar-refractivity contribution in [2.75, 3.05) is 61.6 Å². The number of benzene rings is 1. The van der Waals surface area contributed by atoms with Gasteiger partial charge in [-0.1, -0.05) is 6.92 Å². The van der Waals surface area contributed by atoms with Crippen molar-refractivity contribution in [3.63, 3.8) is 0 Å². The number of hydrogen-bond acceptors (Lipinski definition) is 5. The SMILES string of the molecule is CCN1CCCC1CN(C)C(=NC)NCCc1c(OC)cc(OC)cc1OC.I. The topological polar surface area (TPSA) is 58.6 Å². The number of halogens is 1. The molecule has 1 saturated heterocycles.